The number of Topliss-reactive ketones (excluding diaryl/α,β-unsaturated/α-hetero) is 3. The minimum atomic E-state index is -1.87. The fourth-order valence-corrected chi connectivity index (χ4v) is 3.49. The maximum absolute atomic E-state index is 12.7. The maximum atomic E-state index is 12.7. The topological polar surface area (TPSA) is 77.5 Å². The quantitative estimate of drug-likeness (QED) is 0.135. The highest BCUT2D eigenvalue weighted by Crippen LogP contribution is 2.30. The number of ether oxygens (including phenoxy) is 1. The Bertz CT molecular complexity index is 481. The molecule has 0 heterocycles. The third kappa shape index (κ3) is 9.11. The van der Waals surface area contributed by atoms with Crippen LogP contribution in [0.1, 0.15) is 111 Å². The van der Waals surface area contributed by atoms with Crippen LogP contribution in [0.15, 0.2) is 0 Å². The van der Waals surface area contributed by atoms with Crippen LogP contribution in [-0.2, 0) is 23.9 Å². The van der Waals surface area contributed by atoms with Gasteiger partial charge in [-0.15, -0.1) is 0 Å². The van der Waals surface area contributed by atoms with Gasteiger partial charge in [0.15, 0.2) is 17.0 Å². The van der Waals surface area contributed by atoms with E-state index in [0.29, 0.717) is 12.8 Å². The molecule has 0 atom stereocenters. The zero-order valence-corrected chi connectivity index (χ0v) is 18.4. The highest BCUT2D eigenvalue weighted by molar-refractivity contribution is 6.46. The minimum absolute atomic E-state index is 0.0920. The monoisotopic (exact) mass is 396 g/mol. The van der Waals surface area contributed by atoms with Gasteiger partial charge < -0.3 is 4.74 Å². The van der Waals surface area contributed by atoms with Gasteiger partial charge in [0.25, 0.3) is 5.78 Å². The van der Waals surface area contributed by atoms with Gasteiger partial charge in [0.1, 0.15) is 0 Å². The summed E-state index contributed by atoms with van der Waals surface area (Å²) in [6, 6.07) is 0. The summed E-state index contributed by atoms with van der Waals surface area (Å²) in [5.74, 6) is -3.16. The molecule has 162 valence electrons. The molecule has 0 unspecified atom stereocenters. The molecule has 0 N–H and O–H groups in total. The first-order valence-corrected chi connectivity index (χ1v) is 11.1. The predicted molar refractivity (Wildman–Crippen MR) is 111 cm³/mol. The zero-order valence-electron chi connectivity index (χ0n) is 18.4. The van der Waals surface area contributed by atoms with Crippen molar-refractivity contribution < 1.29 is 23.9 Å². The third-order valence-electron chi connectivity index (χ3n) is 5.41. The second kappa shape index (κ2) is 15.4. The number of esters is 1. The van der Waals surface area contributed by atoms with Crippen LogP contribution in [-0.4, -0.2) is 29.9 Å². The molecule has 0 amide bonds. The standard InChI is InChI=1S/C23H40O5/c1-5-7-9-11-13-15-17-23(19(3)24,20(4)25)21(26)22(27)28-18-16-14-12-10-8-6-2/h5-18H2,1-4H3. The Balaban J connectivity index is 4.68. The maximum Gasteiger partial charge on any atom is 0.376 e. The Kier molecular flexibility index (Phi) is 14.6. The molecule has 5 heteroatoms. The van der Waals surface area contributed by atoms with E-state index in [4.69, 9.17) is 4.74 Å². The van der Waals surface area contributed by atoms with Crippen molar-refractivity contribution in [3.05, 3.63) is 0 Å². The molecule has 0 bridgehead atoms. The number of ketones is 3. The van der Waals surface area contributed by atoms with Gasteiger partial charge in [-0.2, -0.15) is 0 Å². The van der Waals surface area contributed by atoms with Crippen LogP contribution >= 0.6 is 0 Å². The van der Waals surface area contributed by atoms with E-state index in [0.717, 1.165) is 51.4 Å². The molecule has 0 radical (unpaired) electrons. The molecule has 0 rings (SSSR count). The summed E-state index contributed by atoms with van der Waals surface area (Å²) >= 11 is 0. The first-order valence-electron chi connectivity index (χ1n) is 11.1. The Labute approximate surface area is 171 Å². The van der Waals surface area contributed by atoms with Gasteiger partial charge in [0, 0.05) is 0 Å². The molecule has 0 aromatic heterocycles. The number of unbranched alkanes of at least 4 members (excludes halogenated alkanes) is 10. The molecule has 0 aliphatic carbocycles. The molecule has 0 aliphatic heterocycles. The van der Waals surface area contributed by atoms with E-state index in [1.54, 1.807) is 0 Å². The van der Waals surface area contributed by atoms with Crippen LogP contribution in [0.5, 0.6) is 0 Å². The molecule has 0 aromatic rings. The average Bonchev–Trinajstić information content (AvgIpc) is 2.65. The summed E-state index contributed by atoms with van der Waals surface area (Å²) in [6.07, 6.45) is 12.1. The summed E-state index contributed by atoms with van der Waals surface area (Å²) in [6.45, 7) is 6.87. The van der Waals surface area contributed by atoms with E-state index in [-0.39, 0.29) is 13.0 Å². The highest BCUT2D eigenvalue weighted by atomic mass is 16.5. The highest BCUT2D eigenvalue weighted by Gasteiger charge is 2.50. The first kappa shape index (κ1) is 26.5. The molecule has 5 nitrogen and oxygen atoms in total. The summed E-state index contributed by atoms with van der Waals surface area (Å²) in [7, 11) is 0. The predicted octanol–water partition coefficient (Wildman–Crippen LogP) is 5.37. The Morgan fingerprint density at radius 2 is 1.07 bits per heavy atom. The molecular formula is C23H40O5. The second-order valence-electron chi connectivity index (χ2n) is 7.77. The van der Waals surface area contributed by atoms with E-state index in [1.807, 2.05) is 0 Å². The fraction of sp³-hybridized carbons (Fsp3) is 0.826. The van der Waals surface area contributed by atoms with Crippen molar-refractivity contribution in [2.24, 2.45) is 5.41 Å². The van der Waals surface area contributed by atoms with Crippen LogP contribution in [0.4, 0.5) is 0 Å². The van der Waals surface area contributed by atoms with Crippen molar-refractivity contribution in [2.45, 2.75) is 111 Å². The minimum Gasteiger partial charge on any atom is -0.460 e. The molecule has 0 fully saturated rings. The summed E-state index contributed by atoms with van der Waals surface area (Å²) in [5.41, 5.74) is -1.87. The lowest BCUT2D eigenvalue weighted by Gasteiger charge is -2.26. The van der Waals surface area contributed by atoms with Gasteiger partial charge in [0.05, 0.1) is 6.61 Å². The largest absolute Gasteiger partial charge is 0.460 e. The summed E-state index contributed by atoms with van der Waals surface area (Å²) in [5, 5.41) is 0. The van der Waals surface area contributed by atoms with Crippen LogP contribution in [0.25, 0.3) is 0 Å². The first-order chi connectivity index (χ1) is 13.3. The molecule has 0 saturated carbocycles. The van der Waals surface area contributed by atoms with E-state index in [1.165, 1.54) is 26.7 Å². The van der Waals surface area contributed by atoms with Crippen molar-refractivity contribution in [3.8, 4) is 0 Å². The lowest BCUT2D eigenvalue weighted by Crippen LogP contribution is -2.48. The lowest BCUT2D eigenvalue weighted by molar-refractivity contribution is -0.163. The Morgan fingerprint density at radius 3 is 1.54 bits per heavy atom. The normalized spacial score (nSPS) is 11.3. The van der Waals surface area contributed by atoms with Gasteiger partial charge >= 0.3 is 5.97 Å². The van der Waals surface area contributed by atoms with Crippen LogP contribution in [0.3, 0.4) is 0 Å². The number of carbonyl (C=O) groups excluding carboxylic acids is 4. The van der Waals surface area contributed by atoms with E-state index in [2.05, 4.69) is 13.8 Å². The van der Waals surface area contributed by atoms with E-state index >= 15 is 0 Å². The van der Waals surface area contributed by atoms with E-state index in [9.17, 15) is 19.2 Å². The van der Waals surface area contributed by atoms with Gasteiger partial charge in [0.2, 0.25) is 0 Å². The summed E-state index contributed by atoms with van der Waals surface area (Å²) < 4.78 is 5.08. The number of hydrogen-bond donors (Lipinski definition) is 0. The zero-order chi connectivity index (χ0) is 21.4. The molecule has 0 aliphatic rings. The summed E-state index contributed by atoms with van der Waals surface area (Å²) in [4.78, 5) is 49.4. The second-order valence-corrected chi connectivity index (χ2v) is 7.77. The Morgan fingerprint density at radius 1 is 0.643 bits per heavy atom. The van der Waals surface area contributed by atoms with E-state index < -0.39 is 28.7 Å². The lowest BCUT2D eigenvalue weighted by atomic mass is 9.72. The fourth-order valence-electron chi connectivity index (χ4n) is 3.49. The van der Waals surface area contributed by atoms with Crippen molar-refractivity contribution >= 4 is 23.3 Å². The van der Waals surface area contributed by atoms with Crippen molar-refractivity contribution in [3.63, 3.8) is 0 Å². The number of carbonyl (C=O) groups is 4. The van der Waals surface area contributed by atoms with Crippen LogP contribution in [0, 0.1) is 5.41 Å². The van der Waals surface area contributed by atoms with Crippen molar-refractivity contribution in [2.75, 3.05) is 6.61 Å². The smallest absolute Gasteiger partial charge is 0.376 e. The van der Waals surface area contributed by atoms with Crippen molar-refractivity contribution in [1.82, 2.24) is 0 Å². The van der Waals surface area contributed by atoms with Gasteiger partial charge in [-0.25, -0.2) is 4.79 Å². The van der Waals surface area contributed by atoms with Gasteiger partial charge in [-0.05, 0) is 26.7 Å². The molecule has 0 aromatic carbocycles. The molecule has 0 spiro atoms. The number of rotatable bonds is 18. The van der Waals surface area contributed by atoms with Crippen LogP contribution < -0.4 is 0 Å². The van der Waals surface area contributed by atoms with Crippen LogP contribution in [0.2, 0.25) is 0 Å². The Hall–Kier alpha value is -1.52. The third-order valence-corrected chi connectivity index (χ3v) is 5.41. The van der Waals surface area contributed by atoms with Crippen molar-refractivity contribution in [1.29, 1.82) is 0 Å². The van der Waals surface area contributed by atoms with Gasteiger partial charge in [-0.1, -0.05) is 84.5 Å². The molecule has 28 heavy (non-hydrogen) atoms. The van der Waals surface area contributed by atoms with Gasteiger partial charge in [-0.3, -0.25) is 14.4 Å². The SMILES string of the molecule is CCCCCCCCOC(=O)C(=O)C(CCCCCCCC)(C(C)=O)C(C)=O. The average molecular weight is 397 g/mol. The number of hydrogen-bond acceptors (Lipinski definition) is 5. The molecular weight excluding hydrogens is 356 g/mol. The molecule has 0 saturated heterocycles.